The molecule has 56 heavy (non-hydrogen) atoms. The van der Waals surface area contributed by atoms with Crippen LogP contribution in [0.4, 0.5) is 0 Å². The molecule has 0 radical (unpaired) electrons. The van der Waals surface area contributed by atoms with Crippen molar-refractivity contribution in [2.24, 2.45) is 0 Å². The van der Waals surface area contributed by atoms with Crippen molar-refractivity contribution in [1.82, 2.24) is 0 Å². The molecule has 0 atom stereocenters. The summed E-state index contributed by atoms with van der Waals surface area (Å²) in [4.78, 5) is 0. The first kappa shape index (κ1) is 34.7. The van der Waals surface area contributed by atoms with Crippen LogP contribution in [0.3, 0.4) is 0 Å². The summed E-state index contributed by atoms with van der Waals surface area (Å²) >= 11 is 0. The van der Waals surface area contributed by atoms with E-state index in [0.717, 1.165) is 0 Å². The van der Waals surface area contributed by atoms with Crippen molar-refractivity contribution in [3.8, 4) is 33.4 Å². The summed E-state index contributed by atoms with van der Waals surface area (Å²) in [7, 11) is 18.8. The van der Waals surface area contributed by atoms with Gasteiger partial charge in [0.1, 0.15) is 62.8 Å². The SMILES string of the molecule is Bc1c(B)c(B)c2c(-c3cccc4c3ccc3cc5ccccc5cc34)c3c(B)c(B)c(B)c(B)c3c(-c3cccc(-c4ccc5ccccc5c4)c3)c2c1B. The van der Waals surface area contributed by atoms with Crippen molar-refractivity contribution in [2.75, 3.05) is 0 Å². The van der Waals surface area contributed by atoms with E-state index in [0.29, 0.717) is 0 Å². The molecule has 10 rings (SSSR count). The second-order valence-corrected chi connectivity index (χ2v) is 16.3. The minimum Gasteiger partial charge on any atom is -0.101 e. The lowest BCUT2D eigenvalue weighted by atomic mass is 9.59. The van der Waals surface area contributed by atoms with E-state index in [1.807, 2.05) is 0 Å². The molecule has 254 valence electrons. The summed E-state index contributed by atoms with van der Waals surface area (Å²) < 4.78 is 0. The molecule has 0 aliphatic heterocycles. The average Bonchev–Trinajstić information content (AvgIpc) is 3.24. The van der Waals surface area contributed by atoms with Crippen LogP contribution in [0.5, 0.6) is 0 Å². The highest BCUT2D eigenvalue weighted by Crippen LogP contribution is 2.44. The first-order valence-electron chi connectivity index (χ1n) is 20.0. The van der Waals surface area contributed by atoms with Gasteiger partial charge in [-0.1, -0.05) is 131 Å². The zero-order valence-electron chi connectivity index (χ0n) is 33.7. The highest BCUT2D eigenvalue weighted by atomic mass is 14.3. The van der Waals surface area contributed by atoms with Crippen molar-refractivity contribution in [2.45, 2.75) is 0 Å². The molecule has 0 unspecified atom stereocenters. The van der Waals surface area contributed by atoms with Gasteiger partial charge < -0.3 is 0 Å². The van der Waals surface area contributed by atoms with E-state index in [1.165, 1.54) is 142 Å². The van der Waals surface area contributed by atoms with Gasteiger partial charge in [-0.25, -0.2) is 0 Å². The van der Waals surface area contributed by atoms with Crippen molar-refractivity contribution < 1.29 is 0 Å². The van der Waals surface area contributed by atoms with Gasteiger partial charge in [-0.2, -0.15) is 0 Å². The number of hydrogen-bond donors (Lipinski definition) is 0. The third kappa shape index (κ3) is 5.04. The number of benzene rings is 10. The highest BCUT2D eigenvalue weighted by molar-refractivity contribution is 6.71. The normalized spacial score (nSPS) is 11.8. The molecule has 0 spiro atoms. The van der Waals surface area contributed by atoms with Crippen LogP contribution < -0.4 is 43.7 Å². The predicted octanol–water partition coefficient (Wildman–Crippen LogP) is -0.326. The quantitative estimate of drug-likeness (QED) is 0.135. The lowest BCUT2D eigenvalue weighted by Crippen LogP contribution is -2.50. The largest absolute Gasteiger partial charge is 0.139 e. The number of fused-ring (bicyclic) bond motifs is 7. The third-order valence-corrected chi connectivity index (χ3v) is 13.6. The Hall–Kier alpha value is -5.72. The zero-order valence-corrected chi connectivity index (χ0v) is 33.7. The molecule has 0 bridgehead atoms. The van der Waals surface area contributed by atoms with E-state index < -0.39 is 0 Å². The summed E-state index contributed by atoms with van der Waals surface area (Å²) in [6, 6.07) is 50.1. The van der Waals surface area contributed by atoms with Crippen molar-refractivity contribution in [3.63, 3.8) is 0 Å². The van der Waals surface area contributed by atoms with Gasteiger partial charge >= 0.3 is 0 Å². The van der Waals surface area contributed by atoms with Gasteiger partial charge in [0.05, 0.1) is 0 Å². The molecule has 0 aliphatic carbocycles. The summed E-state index contributed by atoms with van der Waals surface area (Å²) in [5.41, 5.74) is 18.7. The van der Waals surface area contributed by atoms with Crippen LogP contribution in [0.25, 0.3) is 98.0 Å². The molecule has 10 aromatic rings. The Bertz CT molecular complexity index is 3270. The summed E-state index contributed by atoms with van der Waals surface area (Å²) in [6.07, 6.45) is 0. The Balaban J connectivity index is 1.38. The summed E-state index contributed by atoms with van der Waals surface area (Å²) in [6.45, 7) is 0. The molecule has 0 nitrogen and oxygen atoms in total. The molecular formula is C48H38B8. The molecule has 0 amide bonds. The van der Waals surface area contributed by atoms with Crippen molar-refractivity contribution in [1.29, 1.82) is 0 Å². The van der Waals surface area contributed by atoms with Crippen LogP contribution in [-0.2, 0) is 0 Å². The second-order valence-electron chi connectivity index (χ2n) is 16.3. The van der Waals surface area contributed by atoms with E-state index in [1.54, 1.807) is 0 Å². The standard InChI is InChI=1S/C48H38B8/c49-41-37-35(30-12-5-11-26(21-30)28-16-15-23-7-1-2-8-24(23)19-28)38-40(44(52)48(56)46(54)42(38)50)36(39(37)43(51)47(55)45(41)53)33-14-6-13-31-32(33)18-17-29-20-25-9-3-4-10-27(25)22-34(29)31/h1-22H,49-56H2. The molecule has 8 heteroatoms. The van der Waals surface area contributed by atoms with Crippen LogP contribution in [0.2, 0.25) is 0 Å². The topological polar surface area (TPSA) is 0 Å². The number of hydrogen-bond acceptors (Lipinski definition) is 0. The van der Waals surface area contributed by atoms with Crippen molar-refractivity contribution >= 4 is 171 Å². The molecule has 0 aliphatic rings. The van der Waals surface area contributed by atoms with Gasteiger partial charge in [-0.3, -0.25) is 0 Å². The van der Waals surface area contributed by atoms with Crippen LogP contribution in [0, 0.1) is 0 Å². The highest BCUT2D eigenvalue weighted by Gasteiger charge is 2.26. The van der Waals surface area contributed by atoms with Crippen LogP contribution in [0.1, 0.15) is 0 Å². The zero-order chi connectivity index (χ0) is 38.6. The van der Waals surface area contributed by atoms with Gasteiger partial charge in [0.15, 0.2) is 0 Å². The van der Waals surface area contributed by atoms with Gasteiger partial charge in [0.25, 0.3) is 0 Å². The maximum atomic E-state index is 2.44. The van der Waals surface area contributed by atoms with Crippen molar-refractivity contribution in [3.05, 3.63) is 133 Å². The Labute approximate surface area is 336 Å². The maximum absolute atomic E-state index is 2.44. The van der Waals surface area contributed by atoms with E-state index in [-0.39, 0.29) is 0 Å². The first-order chi connectivity index (χ1) is 27.1. The molecule has 0 saturated heterocycles. The Kier molecular flexibility index (Phi) is 8.02. The van der Waals surface area contributed by atoms with Gasteiger partial charge in [0.2, 0.25) is 0 Å². The monoisotopic (exact) mass is 702 g/mol. The smallest absolute Gasteiger partial charge is 0.101 e. The van der Waals surface area contributed by atoms with Crippen LogP contribution >= 0.6 is 0 Å². The Morgan fingerprint density at radius 1 is 0.250 bits per heavy atom. The molecule has 0 N–H and O–H groups in total. The molecular weight excluding hydrogens is 663 g/mol. The Morgan fingerprint density at radius 3 is 1.36 bits per heavy atom. The summed E-state index contributed by atoms with van der Waals surface area (Å²) in [5.74, 6) is 0. The number of rotatable bonds is 3. The van der Waals surface area contributed by atoms with E-state index in [2.05, 4.69) is 196 Å². The fourth-order valence-electron chi connectivity index (χ4n) is 9.91. The molecule has 0 saturated carbocycles. The average molecular weight is 701 g/mol. The molecule has 0 fully saturated rings. The third-order valence-electron chi connectivity index (χ3n) is 13.6. The fourth-order valence-corrected chi connectivity index (χ4v) is 9.91. The minimum absolute atomic E-state index is 1.24. The molecule has 10 aromatic carbocycles. The van der Waals surface area contributed by atoms with Gasteiger partial charge in [0, 0.05) is 0 Å². The van der Waals surface area contributed by atoms with Gasteiger partial charge in [-0.15, -0.1) is 21.9 Å². The van der Waals surface area contributed by atoms with E-state index >= 15 is 0 Å². The van der Waals surface area contributed by atoms with E-state index in [9.17, 15) is 0 Å². The fraction of sp³-hybridized carbons (Fsp3) is 0. The van der Waals surface area contributed by atoms with Crippen LogP contribution in [-0.4, -0.2) is 62.8 Å². The predicted molar refractivity (Wildman–Crippen MR) is 273 cm³/mol. The van der Waals surface area contributed by atoms with Crippen LogP contribution in [0.15, 0.2) is 133 Å². The van der Waals surface area contributed by atoms with Gasteiger partial charge in [-0.05, 0) is 122 Å². The first-order valence-corrected chi connectivity index (χ1v) is 20.0. The Morgan fingerprint density at radius 2 is 0.732 bits per heavy atom. The molecule has 0 aromatic heterocycles. The lowest BCUT2D eigenvalue weighted by Gasteiger charge is -2.28. The summed E-state index contributed by atoms with van der Waals surface area (Å²) in [5, 5.41) is 15.8. The minimum atomic E-state index is 1.24. The van der Waals surface area contributed by atoms with E-state index in [4.69, 9.17) is 0 Å². The second kappa shape index (κ2) is 12.9. The maximum Gasteiger partial charge on any atom is 0.139 e. The molecule has 0 heterocycles. The lowest BCUT2D eigenvalue weighted by molar-refractivity contribution is 1.64.